The smallest absolute Gasteiger partial charge is 0.244 e. The molecule has 0 aromatic carbocycles. The van der Waals surface area contributed by atoms with Gasteiger partial charge >= 0.3 is 0 Å². The number of thiazole rings is 1. The van der Waals surface area contributed by atoms with Gasteiger partial charge < -0.3 is 15.5 Å². The van der Waals surface area contributed by atoms with Crippen molar-refractivity contribution in [3.8, 4) is 0 Å². The Morgan fingerprint density at radius 1 is 1.33 bits per heavy atom. The second-order valence-electron chi connectivity index (χ2n) is 7.01. The number of hydrogen-bond acceptors (Lipinski definition) is 4. The molecule has 1 amide bonds. The second-order valence-corrected chi connectivity index (χ2v) is 7.96. The number of hydrogen-bond donors (Lipinski definition) is 2. The van der Waals surface area contributed by atoms with E-state index in [4.69, 9.17) is 0 Å². The lowest BCUT2D eigenvalue weighted by molar-refractivity contribution is -0.128. The molecule has 1 aromatic rings. The molecule has 1 aromatic heterocycles. The minimum Gasteiger partial charge on any atom is -0.357 e. The van der Waals surface area contributed by atoms with Crippen LogP contribution in [-0.4, -0.2) is 47.9 Å². The maximum absolute atomic E-state index is 12.1. The van der Waals surface area contributed by atoms with Crippen molar-refractivity contribution in [1.82, 2.24) is 20.5 Å². The lowest BCUT2D eigenvalue weighted by Crippen LogP contribution is -2.38. The summed E-state index contributed by atoms with van der Waals surface area (Å²) in [5.74, 6) is 0.770. The quantitative estimate of drug-likeness (QED) is 0.630. The van der Waals surface area contributed by atoms with E-state index in [9.17, 15) is 4.79 Å². The number of nitrogens with one attached hydrogen (secondary N) is 2. The van der Waals surface area contributed by atoms with Gasteiger partial charge in [-0.2, -0.15) is 0 Å². The van der Waals surface area contributed by atoms with Gasteiger partial charge in [-0.25, -0.2) is 9.98 Å². The first kappa shape index (κ1) is 18.7. The fourth-order valence-corrected chi connectivity index (χ4v) is 3.41. The van der Waals surface area contributed by atoms with E-state index >= 15 is 0 Å². The van der Waals surface area contributed by atoms with Crippen LogP contribution in [0.25, 0.3) is 0 Å². The lowest BCUT2D eigenvalue weighted by Gasteiger charge is -2.15. The van der Waals surface area contributed by atoms with Crippen LogP contribution < -0.4 is 10.6 Å². The zero-order valence-electron chi connectivity index (χ0n) is 15.2. The van der Waals surface area contributed by atoms with Crippen LogP contribution in [0, 0.1) is 0 Å². The highest BCUT2D eigenvalue weighted by molar-refractivity contribution is 7.09. The Kier molecular flexibility index (Phi) is 6.60. The summed E-state index contributed by atoms with van der Waals surface area (Å²) in [6.45, 7) is 11.8. The van der Waals surface area contributed by atoms with Gasteiger partial charge in [-0.05, 0) is 19.8 Å². The molecule has 2 rings (SSSR count). The van der Waals surface area contributed by atoms with E-state index in [-0.39, 0.29) is 17.9 Å². The molecule has 7 heteroatoms. The first-order valence-corrected chi connectivity index (χ1v) is 9.53. The molecule has 134 valence electrons. The van der Waals surface area contributed by atoms with Crippen molar-refractivity contribution in [3.05, 3.63) is 16.1 Å². The van der Waals surface area contributed by atoms with E-state index in [0.29, 0.717) is 12.5 Å². The van der Waals surface area contributed by atoms with Crippen LogP contribution in [0.4, 0.5) is 0 Å². The van der Waals surface area contributed by atoms with Gasteiger partial charge in [-0.3, -0.25) is 4.79 Å². The van der Waals surface area contributed by atoms with E-state index in [0.717, 1.165) is 43.2 Å². The van der Waals surface area contributed by atoms with Crippen molar-refractivity contribution in [2.45, 2.75) is 52.5 Å². The Hall–Kier alpha value is -1.63. The number of amides is 1. The van der Waals surface area contributed by atoms with E-state index in [1.165, 1.54) is 0 Å². The number of carbonyl (C=O) groups is 1. The highest BCUT2D eigenvalue weighted by Crippen LogP contribution is 2.23. The topological polar surface area (TPSA) is 69.6 Å². The van der Waals surface area contributed by atoms with Crippen molar-refractivity contribution < 1.29 is 4.79 Å². The van der Waals surface area contributed by atoms with Crippen LogP contribution in [0.1, 0.15) is 51.2 Å². The molecule has 6 nitrogen and oxygen atoms in total. The first-order valence-electron chi connectivity index (χ1n) is 8.65. The molecular weight excluding hydrogens is 322 g/mol. The maximum Gasteiger partial charge on any atom is 0.244 e. The third kappa shape index (κ3) is 5.47. The van der Waals surface area contributed by atoms with Crippen LogP contribution in [0.3, 0.4) is 0 Å². The molecule has 1 aliphatic heterocycles. The van der Waals surface area contributed by atoms with Crippen LogP contribution in [0.2, 0.25) is 0 Å². The molecule has 24 heavy (non-hydrogen) atoms. The zero-order chi connectivity index (χ0) is 17.6. The van der Waals surface area contributed by atoms with Crippen molar-refractivity contribution in [1.29, 1.82) is 0 Å². The van der Waals surface area contributed by atoms with Crippen molar-refractivity contribution in [2.24, 2.45) is 4.99 Å². The average molecular weight is 352 g/mol. The fourth-order valence-electron chi connectivity index (χ4n) is 2.45. The monoisotopic (exact) mass is 351 g/mol. The van der Waals surface area contributed by atoms with E-state index in [1.54, 1.807) is 11.3 Å². The summed E-state index contributed by atoms with van der Waals surface area (Å²) in [6.07, 6.45) is 2.21. The van der Waals surface area contributed by atoms with Gasteiger partial charge in [0.1, 0.15) is 11.6 Å². The van der Waals surface area contributed by atoms with Gasteiger partial charge in [0.05, 0.1) is 12.2 Å². The van der Waals surface area contributed by atoms with Crippen LogP contribution >= 0.6 is 11.3 Å². The largest absolute Gasteiger partial charge is 0.357 e. The van der Waals surface area contributed by atoms with Crippen LogP contribution in [-0.2, 0) is 16.8 Å². The predicted molar refractivity (Wildman–Crippen MR) is 99.4 cm³/mol. The number of carbonyl (C=O) groups excluding carboxylic acids is 1. The van der Waals surface area contributed by atoms with Crippen LogP contribution in [0.5, 0.6) is 0 Å². The van der Waals surface area contributed by atoms with Gasteiger partial charge in [-0.1, -0.05) is 20.8 Å². The lowest BCUT2D eigenvalue weighted by atomic mass is 9.93. The molecule has 0 unspecified atom stereocenters. The van der Waals surface area contributed by atoms with Crippen molar-refractivity contribution in [3.63, 3.8) is 0 Å². The zero-order valence-corrected chi connectivity index (χ0v) is 16.0. The first-order chi connectivity index (χ1) is 11.4. The average Bonchev–Trinajstić information content (AvgIpc) is 3.20. The fraction of sp³-hybridized carbons (Fsp3) is 0.706. The number of likely N-dealkylation sites (tertiary alicyclic amines) is 1. The molecular formula is C17H29N5OS. The minimum atomic E-state index is 0.0650. The molecule has 0 spiro atoms. The maximum atomic E-state index is 12.1. The van der Waals surface area contributed by atoms with Gasteiger partial charge in [0.2, 0.25) is 5.91 Å². The highest BCUT2D eigenvalue weighted by Gasteiger charge is 2.18. The normalized spacial score (nSPS) is 15.7. The Bertz CT molecular complexity index is 570. The number of aliphatic imine (C=N–C) groups is 1. The number of rotatable bonds is 5. The summed E-state index contributed by atoms with van der Waals surface area (Å²) in [5.41, 5.74) is 1.17. The standard InChI is InChI=1S/C17H29N5OS/c1-5-18-16(20-11-15(23)22-8-6-7-9-22)19-10-14-21-13(12-24-14)17(2,3)4/h12H,5-11H2,1-4H3,(H2,18,19,20). The molecule has 1 fully saturated rings. The molecule has 2 heterocycles. The summed E-state index contributed by atoms with van der Waals surface area (Å²) in [6, 6.07) is 0. The molecule has 0 radical (unpaired) electrons. The Morgan fingerprint density at radius 2 is 2.04 bits per heavy atom. The SMILES string of the molecule is CCNC(=NCC(=O)N1CCCC1)NCc1nc(C(C)(C)C)cs1. The summed E-state index contributed by atoms with van der Waals surface area (Å²) >= 11 is 1.65. The van der Waals surface area contributed by atoms with E-state index in [1.807, 2.05) is 11.8 Å². The molecule has 0 bridgehead atoms. The van der Waals surface area contributed by atoms with Crippen molar-refractivity contribution in [2.75, 3.05) is 26.2 Å². The minimum absolute atomic E-state index is 0.0650. The summed E-state index contributed by atoms with van der Waals surface area (Å²) < 4.78 is 0. The molecule has 0 aliphatic carbocycles. The van der Waals surface area contributed by atoms with Crippen LogP contribution in [0.15, 0.2) is 10.4 Å². The number of aromatic nitrogens is 1. The number of nitrogens with zero attached hydrogens (tertiary/aromatic N) is 3. The Labute approximate surface area is 148 Å². The van der Waals surface area contributed by atoms with Gasteiger partial charge in [0.15, 0.2) is 5.96 Å². The number of guanidine groups is 1. The summed E-state index contributed by atoms with van der Waals surface area (Å²) in [5, 5.41) is 9.58. The van der Waals surface area contributed by atoms with E-state index in [2.05, 4.69) is 46.8 Å². The summed E-state index contributed by atoms with van der Waals surface area (Å²) in [4.78, 5) is 23.1. The third-order valence-corrected chi connectivity index (χ3v) is 4.75. The summed E-state index contributed by atoms with van der Waals surface area (Å²) in [7, 11) is 0. The second kappa shape index (κ2) is 8.46. The molecule has 1 saturated heterocycles. The van der Waals surface area contributed by atoms with Gasteiger partial charge in [-0.15, -0.1) is 11.3 Å². The Morgan fingerprint density at radius 3 is 2.62 bits per heavy atom. The molecule has 2 N–H and O–H groups in total. The third-order valence-electron chi connectivity index (χ3n) is 3.90. The van der Waals surface area contributed by atoms with Crippen molar-refractivity contribution >= 4 is 23.2 Å². The molecule has 0 saturated carbocycles. The van der Waals surface area contributed by atoms with Gasteiger partial charge in [0.25, 0.3) is 0 Å². The van der Waals surface area contributed by atoms with Gasteiger partial charge in [0, 0.05) is 30.4 Å². The Balaban J connectivity index is 1.89. The van der Waals surface area contributed by atoms with E-state index < -0.39 is 0 Å². The molecule has 1 aliphatic rings. The predicted octanol–water partition coefficient (Wildman–Crippen LogP) is 2.12. The molecule has 0 atom stereocenters. The highest BCUT2D eigenvalue weighted by atomic mass is 32.1.